The van der Waals surface area contributed by atoms with E-state index in [9.17, 15) is 10.3 Å². The minimum absolute atomic E-state index is 0.221. The van der Waals surface area contributed by atoms with Crippen molar-refractivity contribution in [3.8, 4) is 0 Å². The maximum absolute atomic E-state index is 11.2. The molecule has 0 spiro atoms. The van der Waals surface area contributed by atoms with E-state index < -0.39 is 0 Å². The second-order valence-electron chi connectivity index (χ2n) is 12.7. The molecule has 0 aromatic rings. The van der Waals surface area contributed by atoms with E-state index in [1.54, 1.807) is 0 Å². The van der Waals surface area contributed by atoms with Gasteiger partial charge in [0.2, 0.25) is 0 Å². The number of aliphatic hydroxyl groups excluding tert-OH is 1. The lowest BCUT2D eigenvalue weighted by Gasteiger charge is -2.62. The summed E-state index contributed by atoms with van der Waals surface area (Å²) in [5.74, 6) is 5.07. The number of oxime groups is 1. The first-order chi connectivity index (χ1) is 14.2. The summed E-state index contributed by atoms with van der Waals surface area (Å²) in [6, 6.07) is 0. The fourth-order valence-corrected chi connectivity index (χ4v) is 9.22. The van der Waals surface area contributed by atoms with Crippen LogP contribution in [0.15, 0.2) is 5.16 Å². The Bertz CT molecular complexity index is 645. The summed E-state index contributed by atoms with van der Waals surface area (Å²) in [5, 5.41) is 24.1. The van der Waals surface area contributed by atoms with Crippen molar-refractivity contribution in [3.05, 3.63) is 0 Å². The molecule has 0 aromatic carbocycles. The number of rotatable bonds is 5. The lowest BCUT2D eigenvalue weighted by molar-refractivity contribution is -0.149. The molecule has 0 amide bonds. The molecule has 172 valence electrons. The second-order valence-corrected chi connectivity index (χ2v) is 12.7. The Balaban J connectivity index is 1.50. The minimum Gasteiger partial charge on any atom is -0.411 e. The van der Waals surface area contributed by atoms with Crippen LogP contribution in [0, 0.1) is 52.3 Å². The van der Waals surface area contributed by atoms with Gasteiger partial charge in [0.05, 0.1) is 11.8 Å². The van der Waals surface area contributed by atoms with Gasteiger partial charge in [0, 0.05) is 0 Å². The number of hydrogen-bond acceptors (Lipinski definition) is 3. The van der Waals surface area contributed by atoms with E-state index in [-0.39, 0.29) is 17.4 Å². The van der Waals surface area contributed by atoms with Crippen molar-refractivity contribution in [3.63, 3.8) is 0 Å². The number of nitrogens with zero attached hydrogens (tertiary/aromatic N) is 1. The Hall–Kier alpha value is -0.570. The summed E-state index contributed by atoms with van der Waals surface area (Å²) in [5.41, 5.74) is 1.61. The highest BCUT2D eigenvalue weighted by Crippen LogP contribution is 2.68. The highest BCUT2D eigenvalue weighted by molar-refractivity contribution is 5.85. The Kier molecular flexibility index (Phi) is 6.34. The SMILES string of the molecule is CC(C)CCC[C@@H](C)[C@H]1CC[C@H]2[C@@H]3C[C@@H](O)C4C/C(=N\O)CC[C@]4(C)[C@H]3CC[C@]12C. The van der Waals surface area contributed by atoms with Gasteiger partial charge in [-0.2, -0.15) is 0 Å². The van der Waals surface area contributed by atoms with Crippen molar-refractivity contribution in [2.75, 3.05) is 0 Å². The molecule has 1 unspecified atom stereocenters. The van der Waals surface area contributed by atoms with Crippen LogP contribution in [0.4, 0.5) is 0 Å². The molecule has 0 bridgehead atoms. The predicted octanol–water partition coefficient (Wildman–Crippen LogP) is 6.91. The minimum atomic E-state index is -0.224. The molecule has 2 N–H and O–H groups in total. The lowest BCUT2D eigenvalue weighted by Crippen LogP contribution is -2.58. The highest BCUT2D eigenvalue weighted by Gasteiger charge is 2.62. The van der Waals surface area contributed by atoms with Crippen molar-refractivity contribution < 1.29 is 10.3 Å². The number of aliphatic hydroxyl groups is 1. The molecule has 4 aliphatic rings. The van der Waals surface area contributed by atoms with Crippen LogP contribution < -0.4 is 0 Å². The van der Waals surface area contributed by atoms with E-state index in [4.69, 9.17) is 0 Å². The quantitative estimate of drug-likeness (QED) is 0.377. The largest absolute Gasteiger partial charge is 0.411 e. The molecule has 4 fully saturated rings. The van der Waals surface area contributed by atoms with Crippen molar-refractivity contribution >= 4 is 5.71 Å². The van der Waals surface area contributed by atoms with Crippen LogP contribution in [0.25, 0.3) is 0 Å². The van der Waals surface area contributed by atoms with Gasteiger partial charge in [-0.3, -0.25) is 0 Å². The van der Waals surface area contributed by atoms with Gasteiger partial charge in [-0.1, -0.05) is 59.0 Å². The van der Waals surface area contributed by atoms with Crippen molar-refractivity contribution in [2.24, 2.45) is 57.4 Å². The van der Waals surface area contributed by atoms with E-state index >= 15 is 0 Å². The Labute approximate surface area is 185 Å². The molecule has 30 heavy (non-hydrogen) atoms. The number of hydrogen-bond donors (Lipinski definition) is 2. The molecule has 0 heterocycles. The summed E-state index contributed by atoms with van der Waals surface area (Å²) >= 11 is 0. The predicted molar refractivity (Wildman–Crippen MR) is 124 cm³/mol. The average Bonchev–Trinajstić information content (AvgIpc) is 3.05. The zero-order valence-electron chi connectivity index (χ0n) is 20.2. The van der Waals surface area contributed by atoms with Crippen molar-refractivity contribution in [2.45, 2.75) is 111 Å². The van der Waals surface area contributed by atoms with Crippen LogP contribution in [0.1, 0.15) is 105 Å². The topological polar surface area (TPSA) is 52.8 Å². The molecule has 0 saturated heterocycles. The van der Waals surface area contributed by atoms with E-state index in [1.807, 2.05) is 0 Å². The Morgan fingerprint density at radius 3 is 2.40 bits per heavy atom. The maximum atomic E-state index is 11.2. The fraction of sp³-hybridized carbons (Fsp3) is 0.963. The Morgan fingerprint density at radius 2 is 1.70 bits per heavy atom. The van der Waals surface area contributed by atoms with Gasteiger partial charge in [0.25, 0.3) is 0 Å². The van der Waals surface area contributed by atoms with E-state index in [2.05, 4.69) is 39.8 Å². The van der Waals surface area contributed by atoms with Crippen LogP contribution >= 0.6 is 0 Å². The summed E-state index contributed by atoms with van der Waals surface area (Å²) in [6.45, 7) is 12.3. The average molecular weight is 418 g/mol. The molecular formula is C27H47NO2. The van der Waals surface area contributed by atoms with Gasteiger partial charge in [-0.15, -0.1) is 0 Å². The van der Waals surface area contributed by atoms with Gasteiger partial charge in [-0.05, 0) is 104 Å². The smallest absolute Gasteiger partial charge is 0.0580 e. The lowest BCUT2D eigenvalue weighted by atomic mass is 9.44. The standard InChI is InChI=1S/C27H47NO2/c1-17(2)7-6-8-18(3)21-9-10-22-20-16-25(29)24-15-19(28-30)11-13-27(24,5)23(20)12-14-26(21,22)4/h17-18,20-25,29-30H,6-16H2,1-5H3/b28-19-/t18-,20+,21-,22+,23+,24?,25-,26-,27-/m1/s1. The van der Waals surface area contributed by atoms with Crippen LogP contribution in [-0.2, 0) is 0 Å². The first-order valence-corrected chi connectivity index (χ1v) is 13.1. The van der Waals surface area contributed by atoms with Gasteiger partial charge >= 0.3 is 0 Å². The highest BCUT2D eigenvalue weighted by atomic mass is 16.4. The molecule has 0 aliphatic heterocycles. The fourth-order valence-electron chi connectivity index (χ4n) is 9.22. The van der Waals surface area contributed by atoms with Crippen LogP contribution in [0.2, 0.25) is 0 Å². The summed E-state index contributed by atoms with van der Waals surface area (Å²) in [4.78, 5) is 0. The first-order valence-electron chi connectivity index (χ1n) is 13.1. The molecular weight excluding hydrogens is 370 g/mol. The monoisotopic (exact) mass is 417 g/mol. The van der Waals surface area contributed by atoms with Gasteiger partial charge in [0.1, 0.15) is 0 Å². The molecule has 4 aliphatic carbocycles. The van der Waals surface area contributed by atoms with Gasteiger partial charge in [0.15, 0.2) is 0 Å². The number of fused-ring (bicyclic) bond motifs is 5. The molecule has 3 nitrogen and oxygen atoms in total. The van der Waals surface area contributed by atoms with Crippen LogP contribution in [0.5, 0.6) is 0 Å². The maximum Gasteiger partial charge on any atom is 0.0580 e. The third-order valence-corrected chi connectivity index (χ3v) is 10.9. The molecule has 9 atom stereocenters. The van der Waals surface area contributed by atoms with E-state index in [1.165, 1.54) is 44.9 Å². The summed E-state index contributed by atoms with van der Waals surface area (Å²) in [7, 11) is 0. The second kappa shape index (κ2) is 8.41. The normalized spacial score (nSPS) is 48.3. The van der Waals surface area contributed by atoms with Crippen molar-refractivity contribution in [1.82, 2.24) is 0 Å². The molecule has 0 aromatic heterocycles. The molecule has 4 rings (SSSR count). The molecule has 4 saturated carbocycles. The van der Waals surface area contributed by atoms with Crippen molar-refractivity contribution in [1.29, 1.82) is 0 Å². The zero-order valence-corrected chi connectivity index (χ0v) is 20.2. The summed E-state index contributed by atoms with van der Waals surface area (Å²) < 4.78 is 0. The van der Waals surface area contributed by atoms with Gasteiger partial charge < -0.3 is 10.3 Å². The van der Waals surface area contributed by atoms with E-state index in [0.717, 1.165) is 61.0 Å². The molecule has 0 radical (unpaired) electrons. The first kappa shape index (κ1) is 22.6. The van der Waals surface area contributed by atoms with Gasteiger partial charge in [-0.25, -0.2) is 0 Å². The Morgan fingerprint density at radius 1 is 0.967 bits per heavy atom. The third kappa shape index (κ3) is 3.65. The molecule has 3 heteroatoms. The zero-order chi connectivity index (χ0) is 21.7. The van der Waals surface area contributed by atoms with E-state index in [0.29, 0.717) is 11.3 Å². The summed E-state index contributed by atoms with van der Waals surface area (Å²) in [6.07, 6.45) is 13.2. The third-order valence-electron chi connectivity index (χ3n) is 10.9. The van der Waals surface area contributed by atoms with Crippen LogP contribution in [-0.4, -0.2) is 22.1 Å². The van der Waals surface area contributed by atoms with Crippen LogP contribution in [0.3, 0.4) is 0 Å².